The van der Waals surface area contributed by atoms with Gasteiger partial charge in [0.15, 0.2) is 9.84 Å². The molecule has 0 bridgehead atoms. The molecule has 2 aromatic carbocycles. The molecular weight excluding hydrogens is 244 g/mol. The van der Waals surface area contributed by atoms with E-state index in [9.17, 15) is 8.42 Å². The van der Waals surface area contributed by atoms with Crippen LogP contribution in [0, 0.1) is 0 Å². The largest absolute Gasteiger partial charge is 0.224 e. The Labute approximate surface area is 108 Å². The molecule has 0 aliphatic heterocycles. The smallest absolute Gasteiger partial charge is 0.178 e. The quantitative estimate of drug-likeness (QED) is 0.842. The summed E-state index contributed by atoms with van der Waals surface area (Å²) in [5.41, 5.74) is 1.72. The summed E-state index contributed by atoms with van der Waals surface area (Å²) < 4.78 is 24.5. The topological polar surface area (TPSA) is 34.1 Å². The summed E-state index contributed by atoms with van der Waals surface area (Å²) in [6, 6.07) is 16.8. The zero-order chi connectivity index (χ0) is 13.0. The van der Waals surface area contributed by atoms with Gasteiger partial charge in [-0.25, -0.2) is 8.42 Å². The van der Waals surface area contributed by atoms with Crippen LogP contribution in [-0.4, -0.2) is 14.2 Å². The molecule has 0 amide bonds. The summed E-state index contributed by atoms with van der Waals surface area (Å²) >= 11 is 0. The second-order valence-corrected chi connectivity index (χ2v) is 6.26. The van der Waals surface area contributed by atoms with Crippen LogP contribution in [0.4, 0.5) is 0 Å². The second-order valence-electron chi connectivity index (χ2n) is 4.18. The van der Waals surface area contributed by atoms with E-state index in [4.69, 9.17) is 0 Å². The Morgan fingerprint density at radius 2 is 1.50 bits per heavy atom. The zero-order valence-corrected chi connectivity index (χ0v) is 11.2. The average Bonchev–Trinajstić information content (AvgIpc) is 2.40. The van der Waals surface area contributed by atoms with Crippen LogP contribution >= 0.6 is 0 Å². The SMILES string of the molecule is CCCS(=O)(=O)c1ccccc1-c1ccccc1. The monoisotopic (exact) mass is 260 g/mol. The van der Waals surface area contributed by atoms with E-state index in [0.29, 0.717) is 11.3 Å². The molecule has 0 unspecified atom stereocenters. The molecule has 0 radical (unpaired) electrons. The van der Waals surface area contributed by atoms with Crippen LogP contribution in [0.25, 0.3) is 11.1 Å². The molecule has 0 saturated carbocycles. The second kappa shape index (κ2) is 5.36. The van der Waals surface area contributed by atoms with E-state index in [0.717, 1.165) is 11.1 Å². The van der Waals surface area contributed by atoms with Gasteiger partial charge in [0.05, 0.1) is 10.6 Å². The van der Waals surface area contributed by atoms with Gasteiger partial charge in [0.2, 0.25) is 0 Å². The highest BCUT2D eigenvalue weighted by Crippen LogP contribution is 2.27. The van der Waals surface area contributed by atoms with Gasteiger partial charge < -0.3 is 0 Å². The van der Waals surface area contributed by atoms with Gasteiger partial charge in [0.1, 0.15) is 0 Å². The minimum absolute atomic E-state index is 0.191. The minimum Gasteiger partial charge on any atom is -0.224 e. The Balaban J connectivity index is 2.58. The van der Waals surface area contributed by atoms with Crippen molar-refractivity contribution in [3.63, 3.8) is 0 Å². The average molecular weight is 260 g/mol. The van der Waals surface area contributed by atoms with Crippen LogP contribution in [0.2, 0.25) is 0 Å². The molecule has 0 atom stereocenters. The first-order valence-corrected chi connectivity index (χ1v) is 7.67. The van der Waals surface area contributed by atoms with E-state index in [1.54, 1.807) is 12.1 Å². The first kappa shape index (κ1) is 12.8. The third kappa shape index (κ3) is 2.62. The lowest BCUT2D eigenvalue weighted by Crippen LogP contribution is -2.07. The first-order chi connectivity index (χ1) is 8.65. The summed E-state index contributed by atoms with van der Waals surface area (Å²) in [7, 11) is -3.19. The third-order valence-electron chi connectivity index (χ3n) is 2.78. The molecule has 0 fully saturated rings. The summed E-state index contributed by atoms with van der Waals surface area (Å²) in [5.74, 6) is 0.191. The predicted octanol–water partition coefficient (Wildman–Crippen LogP) is 3.54. The van der Waals surface area contributed by atoms with Gasteiger partial charge >= 0.3 is 0 Å². The van der Waals surface area contributed by atoms with Crippen molar-refractivity contribution < 1.29 is 8.42 Å². The fourth-order valence-corrected chi connectivity index (χ4v) is 3.54. The molecule has 0 aromatic heterocycles. The third-order valence-corrected chi connectivity index (χ3v) is 4.75. The molecule has 3 heteroatoms. The van der Waals surface area contributed by atoms with Crippen molar-refractivity contribution in [3.05, 3.63) is 54.6 Å². The van der Waals surface area contributed by atoms with Crippen LogP contribution in [0.3, 0.4) is 0 Å². The van der Waals surface area contributed by atoms with Crippen molar-refractivity contribution in [3.8, 4) is 11.1 Å². The molecule has 0 heterocycles. The highest BCUT2D eigenvalue weighted by molar-refractivity contribution is 7.91. The number of rotatable bonds is 4. The van der Waals surface area contributed by atoms with E-state index in [-0.39, 0.29) is 5.75 Å². The lowest BCUT2D eigenvalue weighted by atomic mass is 10.1. The normalized spacial score (nSPS) is 11.4. The lowest BCUT2D eigenvalue weighted by Gasteiger charge is -2.09. The predicted molar refractivity (Wildman–Crippen MR) is 74.2 cm³/mol. The van der Waals surface area contributed by atoms with Gasteiger partial charge in [-0.3, -0.25) is 0 Å². The van der Waals surface area contributed by atoms with Crippen LogP contribution in [-0.2, 0) is 9.84 Å². The van der Waals surface area contributed by atoms with Crippen molar-refractivity contribution in [1.29, 1.82) is 0 Å². The van der Waals surface area contributed by atoms with Crippen LogP contribution in [0.15, 0.2) is 59.5 Å². The molecule has 0 spiro atoms. The van der Waals surface area contributed by atoms with E-state index in [1.807, 2.05) is 49.4 Å². The van der Waals surface area contributed by atoms with Gasteiger partial charge in [-0.05, 0) is 18.1 Å². The highest BCUT2D eigenvalue weighted by atomic mass is 32.2. The summed E-state index contributed by atoms with van der Waals surface area (Å²) in [5, 5.41) is 0. The standard InChI is InChI=1S/C15H16O2S/c1-2-12-18(16,17)15-11-7-6-10-14(15)13-8-4-3-5-9-13/h3-11H,2,12H2,1H3. The maximum absolute atomic E-state index is 12.2. The molecule has 2 rings (SSSR count). The fraction of sp³-hybridized carbons (Fsp3) is 0.200. The molecule has 0 aliphatic carbocycles. The molecule has 18 heavy (non-hydrogen) atoms. The summed E-state index contributed by atoms with van der Waals surface area (Å²) in [6.45, 7) is 1.88. The Morgan fingerprint density at radius 3 is 2.17 bits per heavy atom. The first-order valence-electron chi connectivity index (χ1n) is 6.02. The van der Waals surface area contributed by atoms with Crippen LogP contribution in [0.5, 0.6) is 0 Å². The van der Waals surface area contributed by atoms with Crippen molar-refractivity contribution in [2.24, 2.45) is 0 Å². The number of hydrogen-bond donors (Lipinski definition) is 0. The van der Waals surface area contributed by atoms with Crippen molar-refractivity contribution in [2.45, 2.75) is 18.2 Å². The molecule has 0 N–H and O–H groups in total. The van der Waals surface area contributed by atoms with E-state index in [2.05, 4.69) is 0 Å². The van der Waals surface area contributed by atoms with E-state index in [1.165, 1.54) is 0 Å². The molecule has 0 aliphatic rings. The Bertz CT molecular complexity index is 616. The fourth-order valence-electron chi connectivity index (χ4n) is 1.97. The molecule has 2 nitrogen and oxygen atoms in total. The maximum Gasteiger partial charge on any atom is 0.178 e. The molecule has 94 valence electrons. The number of sulfone groups is 1. The lowest BCUT2D eigenvalue weighted by molar-refractivity contribution is 0.595. The molecule has 2 aromatic rings. The van der Waals surface area contributed by atoms with E-state index < -0.39 is 9.84 Å². The summed E-state index contributed by atoms with van der Waals surface area (Å²) in [4.78, 5) is 0.429. The highest BCUT2D eigenvalue weighted by Gasteiger charge is 2.17. The van der Waals surface area contributed by atoms with Gasteiger partial charge in [0, 0.05) is 5.56 Å². The van der Waals surface area contributed by atoms with Crippen LogP contribution in [0.1, 0.15) is 13.3 Å². The summed E-state index contributed by atoms with van der Waals surface area (Å²) in [6.07, 6.45) is 0.630. The molecule has 0 saturated heterocycles. The van der Waals surface area contributed by atoms with Crippen molar-refractivity contribution >= 4 is 9.84 Å². The minimum atomic E-state index is -3.19. The van der Waals surface area contributed by atoms with Crippen molar-refractivity contribution in [2.75, 3.05) is 5.75 Å². The molecular formula is C15H16O2S. The van der Waals surface area contributed by atoms with Crippen LogP contribution < -0.4 is 0 Å². The van der Waals surface area contributed by atoms with E-state index >= 15 is 0 Å². The van der Waals surface area contributed by atoms with Gasteiger partial charge in [-0.15, -0.1) is 0 Å². The van der Waals surface area contributed by atoms with Gasteiger partial charge in [0.25, 0.3) is 0 Å². The number of benzene rings is 2. The zero-order valence-electron chi connectivity index (χ0n) is 10.3. The number of hydrogen-bond acceptors (Lipinski definition) is 2. The van der Waals surface area contributed by atoms with Gasteiger partial charge in [-0.1, -0.05) is 55.5 Å². The Hall–Kier alpha value is -1.61. The Morgan fingerprint density at radius 1 is 0.889 bits per heavy atom. The van der Waals surface area contributed by atoms with Crippen molar-refractivity contribution in [1.82, 2.24) is 0 Å². The maximum atomic E-state index is 12.2. The van der Waals surface area contributed by atoms with Gasteiger partial charge in [-0.2, -0.15) is 0 Å². The Kier molecular flexibility index (Phi) is 3.82.